The zero-order valence-corrected chi connectivity index (χ0v) is 20.7. The van der Waals surface area contributed by atoms with Gasteiger partial charge in [0.25, 0.3) is 0 Å². The van der Waals surface area contributed by atoms with Gasteiger partial charge in [-0.05, 0) is 80.5 Å². The second kappa shape index (κ2) is 10.0. The minimum absolute atomic E-state index is 0.0419. The maximum absolute atomic E-state index is 13.4. The maximum Gasteiger partial charge on any atom is 0.416 e. The second-order valence-electron chi connectivity index (χ2n) is 9.54. The van der Waals surface area contributed by atoms with Crippen molar-refractivity contribution in [2.45, 2.75) is 70.5 Å². The number of benzene rings is 2. The number of ether oxygens (including phenoxy) is 1. The van der Waals surface area contributed by atoms with Crippen LogP contribution in [0.1, 0.15) is 66.1 Å². The molecule has 6 nitrogen and oxygen atoms in total. The van der Waals surface area contributed by atoms with Gasteiger partial charge in [-0.15, -0.1) is 0 Å². The van der Waals surface area contributed by atoms with Crippen LogP contribution in [0.4, 0.5) is 41.6 Å². The molecule has 2 aromatic carbocycles. The van der Waals surface area contributed by atoms with Crippen LogP contribution in [0.3, 0.4) is 0 Å². The molecule has 0 bridgehead atoms. The molecule has 4 rings (SSSR count). The minimum Gasteiger partial charge on any atom is -0.449 e. The van der Waals surface area contributed by atoms with Crippen molar-refractivity contribution in [3.8, 4) is 0 Å². The predicted molar refractivity (Wildman–Crippen MR) is 126 cm³/mol. The molecule has 12 heteroatoms. The lowest BCUT2D eigenvalue weighted by molar-refractivity contribution is -0.143. The molecule has 0 aromatic heterocycles. The van der Waals surface area contributed by atoms with Gasteiger partial charge >= 0.3 is 24.5 Å². The third kappa shape index (κ3) is 5.25. The number of fused-ring (bicyclic) bond motifs is 3. The third-order valence-electron chi connectivity index (χ3n) is 7.03. The molecule has 1 aliphatic heterocycles. The van der Waals surface area contributed by atoms with E-state index in [-0.39, 0.29) is 24.7 Å². The first-order valence-electron chi connectivity index (χ1n) is 12.2. The molecule has 0 radical (unpaired) electrons. The number of nitrogens with zero attached hydrogens (tertiary/aromatic N) is 2. The lowest BCUT2D eigenvalue weighted by Crippen LogP contribution is -2.49. The van der Waals surface area contributed by atoms with E-state index in [4.69, 9.17) is 10.5 Å². The number of anilines is 1. The van der Waals surface area contributed by atoms with Crippen molar-refractivity contribution in [3.05, 3.63) is 63.7 Å². The molecule has 0 saturated carbocycles. The molecule has 38 heavy (non-hydrogen) atoms. The summed E-state index contributed by atoms with van der Waals surface area (Å²) in [6.45, 7) is 2.95. The number of alkyl halides is 6. The van der Waals surface area contributed by atoms with Crippen molar-refractivity contribution in [2.75, 3.05) is 11.5 Å². The number of rotatable bonds is 4. The number of aryl methyl sites for hydroxylation is 1. The summed E-state index contributed by atoms with van der Waals surface area (Å²) >= 11 is 0. The van der Waals surface area contributed by atoms with E-state index in [1.54, 1.807) is 19.9 Å². The first kappa shape index (κ1) is 27.6. The van der Waals surface area contributed by atoms with Gasteiger partial charge < -0.3 is 15.4 Å². The molecular formula is C26H27F6N3O3. The van der Waals surface area contributed by atoms with Gasteiger partial charge in [0.05, 0.1) is 29.5 Å². The number of nitrogens with two attached hydrogens (primary N) is 1. The highest BCUT2D eigenvalue weighted by Crippen LogP contribution is 2.46. The minimum atomic E-state index is -5.03. The van der Waals surface area contributed by atoms with E-state index in [2.05, 4.69) is 0 Å². The average Bonchev–Trinajstić information content (AvgIpc) is 3.29. The van der Waals surface area contributed by atoms with Gasteiger partial charge in [-0.3, -0.25) is 4.90 Å². The number of urea groups is 1. The van der Waals surface area contributed by atoms with Crippen LogP contribution in [0.25, 0.3) is 0 Å². The molecule has 0 spiro atoms. The fourth-order valence-corrected chi connectivity index (χ4v) is 5.45. The van der Waals surface area contributed by atoms with Crippen molar-refractivity contribution >= 4 is 17.8 Å². The Kier molecular flexibility index (Phi) is 7.28. The van der Waals surface area contributed by atoms with Gasteiger partial charge in [0.1, 0.15) is 0 Å². The highest BCUT2D eigenvalue weighted by Gasteiger charge is 2.42. The van der Waals surface area contributed by atoms with E-state index < -0.39 is 54.2 Å². The van der Waals surface area contributed by atoms with Crippen molar-refractivity contribution in [2.24, 2.45) is 5.73 Å². The fourth-order valence-electron chi connectivity index (χ4n) is 5.45. The van der Waals surface area contributed by atoms with Gasteiger partial charge in [-0.25, -0.2) is 9.59 Å². The Labute approximate surface area is 215 Å². The summed E-state index contributed by atoms with van der Waals surface area (Å²) in [6, 6.07) is 2.58. The van der Waals surface area contributed by atoms with Gasteiger partial charge in [0, 0.05) is 18.2 Å². The van der Waals surface area contributed by atoms with Gasteiger partial charge in [-0.1, -0.05) is 6.07 Å². The number of hydrogen-bond donors (Lipinski definition) is 1. The summed E-state index contributed by atoms with van der Waals surface area (Å²) in [5.74, 6) is 0. The Morgan fingerprint density at radius 3 is 2.24 bits per heavy atom. The van der Waals surface area contributed by atoms with Gasteiger partial charge in [-0.2, -0.15) is 26.3 Å². The third-order valence-corrected chi connectivity index (χ3v) is 7.03. The number of halogens is 6. The molecule has 1 aliphatic carbocycles. The fraction of sp³-hybridized carbons (Fsp3) is 0.462. The van der Waals surface area contributed by atoms with Crippen LogP contribution in [0, 0.1) is 0 Å². The van der Waals surface area contributed by atoms with E-state index in [0.29, 0.717) is 29.8 Å². The lowest BCUT2D eigenvalue weighted by Gasteiger charge is -2.43. The molecule has 206 valence electrons. The van der Waals surface area contributed by atoms with Gasteiger partial charge in [0.15, 0.2) is 0 Å². The molecule has 2 aliphatic rings. The molecule has 0 saturated heterocycles. The number of carbonyl (C=O) groups excluding carboxylic acids is 2. The normalized spacial score (nSPS) is 19.1. The predicted octanol–water partition coefficient (Wildman–Crippen LogP) is 6.59. The standard InChI is InChI=1S/C26H27F6N3O3/c1-3-38-24(37)35-14(2)9-21(22-19-6-4-5-16(19)7-8-20(22)35)34(23(33)36)13-15-10-17(25(27,28)29)12-18(11-15)26(30,31)32/h7-8,10-12,14,21H,3-6,9,13H2,1-2H3,(H2,33,36)/t14-,21+/m1/s1. The number of primary amides is 1. The SMILES string of the molecule is CCOC(=O)N1c2ccc3c(c2[C@@H](N(Cc2cc(C(F)(F)F)cc(C(F)(F)F)c2)C(N)=O)C[C@H]1C)CCC3. The Bertz CT molecular complexity index is 1210. The Morgan fingerprint density at radius 1 is 1.05 bits per heavy atom. The topological polar surface area (TPSA) is 75.9 Å². The lowest BCUT2D eigenvalue weighted by atomic mass is 9.85. The average molecular weight is 544 g/mol. The highest BCUT2D eigenvalue weighted by atomic mass is 19.4. The number of carbonyl (C=O) groups is 2. The quantitative estimate of drug-likeness (QED) is 0.442. The van der Waals surface area contributed by atoms with Crippen LogP contribution >= 0.6 is 0 Å². The smallest absolute Gasteiger partial charge is 0.416 e. The Morgan fingerprint density at radius 2 is 1.68 bits per heavy atom. The molecule has 2 aromatic rings. The van der Waals surface area contributed by atoms with Crippen LogP contribution in [-0.4, -0.2) is 29.7 Å². The van der Waals surface area contributed by atoms with Gasteiger partial charge in [0.2, 0.25) is 0 Å². The van der Waals surface area contributed by atoms with Crippen molar-refractivity contribution in [1.82, 2.24) is 4.90 Å². The van der Waals surface area contributed by atoms with E-state index in [1.807, 2.05) is 6.07 Å². The molecule has 2 N–H and O–H groups in total. The highest BCUT2D eigenvalue weighted by molar-refractivity contribution is 5.91. The maximum atomic E-state index is 13.4. The van der Waals surface area contributed by atoms with Crippen LogP contribution in [-0.2, 0) is 36.5 Å². The zero-order valence-electron chi connectivity index (χ0n) is 20.7. The molecule has 0 fully saturated rings. The van der Waals surface area contributed by atoms with Crippen molar-refractivity contribution < 1.29 is 40.7 Å². The van der Waals surface area contributed by atoms with Crippen LogP contribution in [0.2, 0.25) is 0 Å². The summed E-state index contributed by atoms with van der Waals surface area (Å²) in [6.07, 6.45) is -8.24. The van der Waals surface area contributed by atoms with Crippen molar-refractivity contribution in [3.63, 3.8) is 0 Å². The van der Waals surface area contributed by atoms with Crippen LogP contribution in [0.15, 0.2) is 30.3 Å². The van der Waals surface area contributed by atoms with E-state index >= 15 is 0 Å². The van der Waals surface area contributed by atoms with Crippen LogP contribution < -0.4 is 10.6 Å². The van der Waals surface area contributed by atoms with E-state index in [1.165, 1.54) is 4.90 Å². The second-order valence-corrected chi connectivity index (χ2v) is 9.54. The number of amides is 3. The Hall–Kier alpha value is -3.44. The Balaban J connectivity index is 1.82. The monoisotopic (exact) mass is 543 g/mol. The molecular weight excluding hydrogens is 516 g/mol. The summed E-state index contributed by atoms with van der Waals surface area (Å²) in [5.41, 5.74) is 5.40. The summed E-state index contributed by atoms with van der Waals surface area (Å²) in [4.78, 5) is 28.1. The first-order valence-corrected chi connectivity index (χ1v) is 12.2. The molecule has 1 heterocycles. The summed E-state index contributed by atoms with van der Waals surface area (Å²) in [7, 11) is 0. The zero-order chi connectivity index (χ0) is 28.0. The first-order chi connectivity index (χ1) is 17.7. The molecule has 3 amide bonds. The number of hydrogen-bond acceptors (Lipinski definition) is 3. The largest absolute Gasteiger partial charge is 0.449 e. The molecule has 0 unspecified atom stereocenters. The van der Waals surface area contributed by atoms with Crippen LogP contribution in [0.5, 0.6) is 0 Å². The molecule has 2 atom stereocenters. The summed E-state index contributed by atoms with van der Waals surface area (Å²) in [5, 5.41) is 0. The van der Waals surface area contributed by atoms with E-state index in [9.17, 15) is 35.9 Å². The van der Waals surface area contributed by atoms with Crippen molar-refractivity contribution in [1.29, 1.82) is 0 Å². The summed E-state index contributed by atoms with van der Waals surface area (Å²) < 4.78 is 85.9. The van der Waals surface area contributed by atoms with E-state index in [0.717, 1.165) is 28.9 Å².